The van der Waals surface area contributed by atoms with Crippen molar-refractivity contribution in [2.45, 2.75) is 26.2 Å². The van der Waals surface area contributed by atoms with Crippen molar-refractivity contribution in [2.24, 2.45) is 0 Å². The molecule has 3 heteroatoms. The predicted molar refractivity (Wildman–Crippen MR) is 62.4 cm³/mol. The lowest BCUT2D eigenvalue weighted by Gasteiger charge is -2.04. The summed E-state index contributed by atoms with van der Waals surface area (Å²) in [4.78, 5) is 11.4. The molecule has 0 bridgehead atoms. The van der Waals surface area contributed by atoms with E-state index in [9.17, 15) is 4.79 Å². The highest BCUT2D eigenvalue weighted by Gasteiger charge is 2.05. The largest absolute Gasteiger partial charge is 0.460 e. The smallest absolute Gasteiger partial charge is 0.338 e. The third-order valence-electron chi connectivity index (χ3n) is 2.33. The van der Waals surface area contributed by atoms with E-state index in [1.807, 2.05) is 12.1 Å². The molecule has 88 valence electrons. The summed E-state index contributed by atoms with van der Waals surface area (Å²) in [7, 11) is 0. The van der Waals surface area contributed by atoms with Crippen LogP contribution in [-0.4, -0.2) is 24.3 Å². The van der Waals surface area contributed by atoms with Gasteiger partial charge in [-0.3, -0.25) is 0 Å². The summed E-state index contributed by atoms with van der Waals surface area (Å²) in [6.07, 6.45) is 3.37. The van der Waals surface area contributed by atoms with E-state index >= 15 is 0 Å². The monoisotopic (exact) mass is 222 g/mol. The van der Waals surface area contributed by atoms with Crippen molar-refractivity contribution < 1.29 is 14.6 Å². The summed E-state index contributed by atoms with van der Waals surface area (Å²) in [6.45, 7) is 2.07. The molecular weight excluding hydrogens is 204 g/mol. The topological polar surface area (TPSA) is 46.5 Å². The van der Waals surface area contributed by atoms with Crippen molar-refractivity contribution in [1.29, 1.82) is 0 Å². The second-order valence-corrected chi connectivity index (χ2v) is 3.66. The number of hydrogen-bond acceptors (Lipinski definition) is 3. The molecular formula is C13H18O3. The van der Waals surface area contributed by atoms with Crippen LogP contribution >= 0.6 is 0 Å². The molecule has 0 amide bonds. The zero-order valence-electron chi connectivity index (χ0n) is 9.61. The Morgan fingerprint density at radius 1 is 1.31 bits per heavy atom. The van der Waals surface area contributed by atoms with Crippen molar-refractivity contribution in [3.8, 4) is 0 Å². The van der Waals surface area contributed by atoms with E-state index in [-0.39, 0.29) is 19.2 Å². The molecule has 16 heavy (non-hydrogen) atoms. The molecule has 1 N–H and O–H groups in total. The Bertz CT molecular complexity index is 316. The summed E-state index contributed by atoms with van der Waals surface area (Å²) in [5.41, 5.74) is 1.77. The summed E-state index contributed by atoms with van der Waals surface area (Å²) in [5.74, 6) is -0.379. The number of aryl methyl sites for hydroxylation is 1. The first kappa shape index (κ1) is 12.7. The van der Waals surface area contributed by atoms with E-state index in [4.69, 9.17) is 9.84 Å². The summed E-state index contributed by atoms with van der Waals surface area (Å²) in [6, 6.07) is 7.44. The summed E-state index contributed by atoms with van der Waals surface area (Å²) in [5, 5.41) is 8.53. The van der Waals surface area contributed by atoms with Gasteiger partial charge in [-0.2, -0.15) is 0 Å². The zero-order valence-corrected chi connectivity index (χ0v) is 9.61. The average molecular weight is 222 g/mol. The van der Waals surface area contributed by atoms with Crippen LogP contribution in [0.5, 0.6) is 0 Å². The van der Waals surface area contributed by atoms with Crippen LogP contribution in [0.2, 0.25) is 0 Å². The van der Waals surface area contributed by atoms with Crippen molar-refractivity contribution >= 4 is 5.97 Å². The van der Waals surface area contributed by atoms with Gasteiger partial charge in [0.25, 0.3) is 0 Å². The predicted octanol–water partition coefficient (Wildman–Crippen LogP) is 2.18. The Morgan fingerprint density at radius 2 is 2.00 bits per heavy atom. The minimum atomic E-state index is -0.379. The standard InChI is InChI=1S/C13H18O3/c1-2-3-4-11-5-7-12(8-6-11)13(15)16-10-9-14/h5-8,14H,2-4,9-10H2,1H3. The molecule has 0 atom stereocenters. The second-order valence-electron chi connectivity index (χ2n) is 3.66. The van der Waals surface area contributed by atoms with Crippen LogP contribution in [0.3, 0.4) is 0 Å². The highest BCUT2D eigenvalue weighted by atomic mass is 16.5. The molecule has 0 unspecified atom stereocenters. The van der Waals surface area contributed by atoms with Gasteiger partial charge in [0.15, 0.2) is 0 Å². The fourth-order valence-corrected chi connectivity index (χ4v) is 1.41. The molecule has 0 saturated heterocycles. The van der Waals surface area contributed by atoms with Gasteiger partial charge in [0.05, 0.1) is 12.2 Å². The number of unbranched alkanes of at least 4 members (excludes halogenated alkanes) is 1. The van der Waals surface area contributed by atoms with Gasteiger partial charge in [0, 0.05) is 0 Å². The van der Waals surface area contributed by atoms with Gasteiger partial charge < -0.3 is 9.84 Å². The molecule has 0 spiro atoms. The lowest BCUT2D eigenvalue weighted by atomic mass is 10.1. The van der Waals surface area contributed by atoms with E-state index < -0.39 is 0 Å². The quantitative estimate of drug-likeness (QED) is 0.750. The third kappa shape index (κ3) is 4.03. The highest BCUT2D eigenvalue weighted by molar-refractivity contribution is 5.89. The maximum Gasteiger partial charge on any atom is 0.338 e. The minimum Gasteiger partial charge on any atom is -0.460 e. The Kier molecular flexibility index (Phi) is 5.57. The van der Waals surface area contributed by atoms with Crippen molar-refractivity contribution in [3.05, 3.63) is 35.4 Å². The number of aliphatic hydroxyl groups excluding tert-OH is 1. The van der Waals surface area contributed by atoms with Gasteiger partial charge in [-0.15, -0.1) is 0 Å². The zero-order chi connectivity index (χ0) is 11.8. The molecule has 0 aliphatic heterocycles. The van der Waals surface area contributed by atoms with Gasteiger partial charge in [0.2, 0.25) is 0 Å². The second kappa shape index (κ2) is 7.01. The fourth-order valence-electron chi connectivity index (χ4n) is 1.41. The molecule has 3 nitrogen and oxygen atoms in total. The van der Waals surface area contributed by atoms with Crippen LogP contribution in [-0.2, 0) is 11.2 Å². The van der Waals surface area contributed by atoms with Gasteiger partial charge >= 0.3 is 5.97 Å². The van der Waals surface area contributed by atoms with E-state index in [2.05, 4.69) is 6.92 Å². The van der Waals surface area contributed by atoms with Crippen LogP contribution in [0.25, 0.3) is 0 Å². The van der Waals surface area contributed by atoms with Crippen LogP contribution in [0.4, 0.5) is 0 Å². The van der Waals surface area contributed by atoms with Gasteiger partial charge in [0.1, 0.15) is 6.61 Å². The maximum atomic E-state index is 11.4. The van der Waals surface area contributed by atoms with Crippen molar-refractivity contribution in [3.63, 3.8) is 0 Å². The Morgan fingerprint density at radius 3 is 2.56 bits per heavy atom. The lowest BCUT2D eigenvalue weighted by Crippen LogP contribution is -2.08. The molecule has 0 aliphatic rings. The first-order valence-corrected chi connectivity index (χ1v) is 5.65. The first-order chi connectivity index (χ1) is 7.77. The Labute approximate surface area is 96.1 Å². The molecule has 0 saturated carbocycles. The molecule has 1 aromatic rings. The van der Waals surface area contributed by atoms with Crippen LogP contribution < -0.4 is 0 Å². The highest BCUT2D eigenvalue weighted by Crippen LogP contribution is 2.08. The Balaban J connectivity index is 2.53. The number of carbonyl (C=O) groups is 1. The summed E-state index contributed by atoms with van der Waals surface area (Å²) >= 11 is 0. The molecule has 0 heterocycles. The van der Waals surface area contributed by atoms with Crippen LogP contribution in [0, 0.1) is 0 Å². The number of ether oxygens (including phenoxy) is 1. The number of benzene rings is 1. The molecule has 0 fully saturated rings. The number of carbonyl (C=O) groups excluding carboxylic acids is 1. The number of esters is 1. The van der Waals surface area contributed by atoms with Crippen LogP contribution in [0.1, 0.15) is 35.7 Å². The third-order valence-corrected chi connectivity index (χ3v) is 2.33. The molecule has 0 aromatic heterocycles. The van der Waals surface area contributed by atoms with E-state index in [0.29, 0.717) is 5.56 Å². The lowest BCUT2D eigenvalue weighted by molar-refractivity contribution is 0.0434. The molecule has 1 rings (SSSR count). The van der Waals surface area contributed by atoms with Gasteiger partial charge in [-0.05, 0) is 30.5 Å². The minimum absolute atomic E-state index is 0.0520. The molecule has 1 aromatic carbocycles. The van der Waals surface area contributed by atoms with E-state index in [1.165, 1.54) is 12.0 Å². The van der Waals surface area contributed by atoms with Gasteiger partial charge in [-0.1, -0.05) is 25.5 Å². The average Bonchev–Trinajstić information content (AvgIpc) is 2.34. The van der Waals surface area contributed by atoms with Crippen molar-refractivity contribution in [2.75, 3.05) is 13.2 Å². The van der Waals surface area contributed by atoms with Gasteiger partial charge in [-0.25, -0.2) is 4.79 Å². The summed E-state index contributed by atoms with van der Waals surface area (Å²) < 4.78 is 4.81. The molecule has 0 aliphatic carbocycles. The molecule has 0 radical (unpaired) electrons. The van der Waals surface area contributed by atoms with Crippen LogP contribution in [0.15, 0.2) is 24.3 Å². The first-order valence-electron chi connectivity index (χ1n) is 5.65. The van der Waals surface area contributed by atoms with Crippen molar-refractivity contribution in [1.82, 2.24) is 0 Å². The van der Waals surface area contributed by atoms with E-state index in [1.54, 1.807) is 12.1 Å². The maximum absolute atomic E-state index is 11.4. The Hall–Kier alpha value is -1.35. The number of rotatable bonds is 6. The normalized spacial score (nSPS) is 10.1. The fraction of sp³-hybridized carbons (Fsp3) is 0.462. The SMILES string of the molecule is CCCCc1ccc(C(=O)OCCO)cc1. The number of hydrogen-bond donors (Lipinski definition) is 1. The van der Waals surface area contributed by atoms with E-state index in [0.717, 1.165) is 12.8 Å². The number of aliphatic hydroxyl groups is 1.